The van der Waals surface area contributed by atoms with E-state index < -0.39 is 0 Å². The van der Waals surface area contributed by atoms with Crippen LogP contribution in [0.25, 0.3) is 0 Å². The van der Waals surface area contributed by atoms with Crippen LogP contribution in [-0.4, -0.2) is 5.91 Å². The van der Waals surface area contributed by atoms with E-state index in [4.69, 9.17) is 0 Å². The number of benzene rings is 2. The van der Waals surface area contributed by atoms with E-state index in [1.807, 2.05) is 24.3 Å². The lowest BCUT2D eigenvalue weighted by Gasteiger charge is -2.08. The third-order valence-electron chi connectivity index (χ3n) is 3.44. The Morgan fingerprint density at radius 1 is 0.900 bits per heavy atom. The maximum atomic E-state index is 11.7. The number of hydrogen-bond acceptors (Lipinski definition) is 2. The molecule has 3 heteroatoms. The molecule has 0 unspecified atom stereocenters. The summed E-state index contributed by atoms with van der Waals surface area (Å²) in [6.07, 6.45) is 2.05. The fourth-order valence-electron chi connectivity index (χ4n) is 2.03. The van der Waals surface area contributed by atoms with Crippen molar-refractivity contribution in [2.24, 2.45) is 5.92 Å². The van der Waals surface area contributed by atoms with Crippen molar-refractivity contribution in [1.29, 1.82) is 0 Å². The first-order chi connectivity index (χ1) is 9.70. The summed E-state index contributed by atoms with van der Waals surface area (Å²) in [5.74, 6) is 0.379. The van der Waals surface area contributed by atoms with Gasteiger partial charge in [-0.3, -0.25) is 4.79 Å². The van der Waals surface area contributed by atoms with Crippen LogP contribution in [0.4, 0.5) is 17.1 Å². The molecular weight excluding hydrogens is 248 g/mol. The molecule has 2 N–H and O–H groups in total. The second kappa shape index (κ2) is 5.37. The molecule has 20 heavy (non-hydrogen) atoms. The first-order valence-electron chi connectivity index (χ1n) is 6.95. The molecule has 0 radical (unpaired) electrons. The summed E-state index contributed by atoms with van der Waals surface area (Å²) in [4.78, 5) is 11.7. The number of anilines is 3. The van der Waals surface area contributed by atoms with Gasteiger partial charge >= 0.3 is 0 Å². The molecule has 1 aliphatic rings. The first-order valence-corrected chi connectivity index (χ1v) is 6.95. The van der Waals surface area contributed by atoms with E-state index in [0.717, 1.165) is 29.9 Å². The molecule has 102 valence electrons. The number of nitrogens with one attached hydrogen (secondary N) is 2. The quantitative estimate of drug-likeness (QED) is 0.875. The number of rotatable bonds is 4. The van der Waals surface area contributed by atoms with E-state index in [0.29, 0.717) is 0 Å². The average molecular weight is 266 g/mol. The van der Waals surface area contributed by atoms with Crippen molar-refractivity contribution in [2.45, 2.75) is 19.8 Å². The average Bonchev–Trinajstić information content (AvgIpc) is 3.28. The van der Waals surface area contributed by atoms with Gasteiger partial charge in [-0.2, -0.15) is 0 Å². The monoisotopic (exact) mass is 266 g/mol. The van der Waals surface area contributed by atoms with Crippen molar-refractivity contribution in [1.82, 2.24) is 0 Å². The summed E-state index contributed by atoms with van der Waals surface area (Å²) in [5.41, 5.74) is 4.17. The van der Waals surface area contributed by atoms with Crippen LogP contribution in [0.2, 0.25) is 0 Å². The molecule has 2 aromatic carbocycles. The molecule has 0 aromatic heterocycles. The lowest BCUT2D eigenvalue weighted by atomic mass is 10.2. The zero-order chi connectivity index (χ0) is 13.9. The lowest BCUT2D eigenvalue weighted by molar-refractivity contribution is -0.117. The highest BCUT2D eigenvalue weighted by Crippen LogP contribution is 2.30. The summed E-state index contributed by atoms with van der Waals surface area (Å²) in [6.45, 7) is 2.07. The highest BCUT2D eigenvalue weighted by atomic mass is 16.2. The molecule has 0 aliphatic heterocycles. The van der Waals surface area contributed by atoms with Crippen molar-refractivity contribution in [2.75, 3.05) is 10.6 Å². The Labute approximate surface area is 119 Å². The Balaban J connectivity index is 1.63. The molecule has 3 nitrogen and oxygen atoms in total. The number of amides is 1. The van der Waals surface area contributed by atoms with Crippen LogP contribution in [0.5, 0.6) is 0 Å². The predicted octanol–water partition coefficient (Wildman–Crippen LogP) is 4.09. The van der Waals surface area contributed by atoms with Crippen LogP contribution >= 0.6 is 0 Å². The molecule has 2 aromatic rings. The van der Waals surface area contributed by atoms with Crippen LogP contribution in [0, 0.1) is 12.8 Å². The van der Waals surface area contributed by atoms with E-state index in [2.05, 4.69) is 41.8 Å². The third-order valence-corrected chi connectivity index (χ3v) is 3.44. The van der Waals surface area contributed by atoms with Gasteiger partial charge in [-0.15, -0.1) is 0 Å². The molecule has 0 heterocycles. The minimum Gasteiger partial charge on any atom is -0.356 e. The fourth-order valence-corrected chi connectivity index (χ4v) is 2.03. The Kier molecular flexibility index (Phi) is 3.42. The zero-order valence-electron chi connectivity index (χ0n) is 11.5. The highest BCUT2D eigenvalue weighted by molar-refractivity contribution is 5.94. The molecular formula is C17H18N2O. The minimum atomic E-state index is 0.143. The summed E-state index contributed by atoms with van der Waals surface area (Å²) >= 11 is 0. The molecule has 0 bridgehead atoms. The van der Waals surface area contributed by atoms with Gasteiger partial charge in [0.2, 0.25) is 5.91 Å². The Bertz CT molecular complexity index is 598. The molecule has 0 saturated heterocycles. The molecule has 1 aliphatic carbocycles. The van der Waals surface area contributed by atoms with E-state index >= 15 is 0 Å². The summed E-state index contributed by atoms with van der Waals surface area (Å²) < 4.78 is 0. The highest BCUT2D eigenvalue weighted by Gasteiger charge is 2.29. The van der Waals surface area contributed by atoms with Crippen molar-refractivity contribution < 1.29 is 4.79 Å². The lowest BCUT2D eigenvalue weighted by Crippen LogP contribution is -2.13. The van der Waals surface area contributed by atoms with Crippen LogP contribution in [0.15, 0.2) is 48.5 Å². The smallest absolute Gasteiger partial charge is 0.227 e. The molecule has 0 atom stereocenters. The van der Waals surface area contributed by atoms with Gasteiger partial charge in [-0.1, -0.05) is 17.7 Å². The maximum Gasteiger partial charge on any atom is 0.227 e. The third kappa shape index (κ3) is 3.18. The topological polar surface area (TPSA) is 41.1 Å². The zero-order valence-corrected chi connectivity index (χ0v) is 11.5. The van der Waals surface area contributed by atoms with Gasteiger partial charge in [0.25, 0.3) is 0 Å². The number of aryl methyl sites for hydroxylation is 1. The van der Waals surface area contributed by atoms with E-state index in [1.54, 1.807) is 0 Å². The van der Waals surface area contributed by atoms with Gasteiger partial charge in [0.05, 0.1) is 0 Å². The van der Waals surface area contributed by atoms with Crippen LogP contribution < -0.4 is 10.6 Å². The van der Waals surface area contributed by atoms with Crippen LogP contribution in [-0.2, 0) is 4.79 Å². The molecule has 0 spiro atoms. The standard InChI is InChI=1S/C17H18N2O/c1-12-2-6-14(7-3-12)18-15-8-10-16(11-9-15)19-17(20)13-4-5-13/h2-3,6-11,13,18H,4-5H2,1H3,(H,19,20). The van der Waals surface area contributed by atoms with Crippen molar-refractivity contribution in [3.63, 3.8) is 0 Å². The Morgan fingerprint density at radius 3 is 1.95 bits per heavy atom. The van der Waals surface area contributed by atoms with Crippen LogP contribution in [0.1, 0.15) is 18.4 Å². The minimum absolute atomic E-state index is 0.143. The SMILES string of the molecule is Cc1ccc(Nc2ccc(NC(=O)C3CC3)cc2)cc1. The maximum absolute atomic E-state index is 11.7. The van der Waals surface area contributed by atoms with Gasteiger partial charge < -0.3 is 10.6 Å². The van der Waals surface area contributed by atoms with Crippen molar-refractivity contribution >= 4 is 23.0 Å². The predicted molar refractivity (Wildman–Crippen MR) is 82.3 cm³/mol. The Morgan fingerprint density at radius 2 is 1.40 bits per heavy atom. The second-order valence-electron chi connectivity index (χ2n) is 5.33. The van der Waals surface area contributed by atoms with Crippen molar-refractivity contribution in [3.05, 3.63) is 54.1 Å². The number of carbonyl (C=O) groups is 1. The molecule has 1 saturated carbocycles. The Hall–Kier alpha value is -2.29. The van der Waals surface area contributed by atoms with Crippen LogP contribution in [0.3, 0.4) is 0 Å². The van der Waals surface area contributed by atoms with Gasteiger partial charge in [-0.05, 0) is 56.2 Å². The summed E-state index contributed by atoms with van der Waals surface area (Å²) in [5, 5.41) is 6.27. The van der Waals surface area contributed by atoms with E-state index in [9.17, 15) is 4.79 Å². The van der Waals surface area contributed by atoms with Gasteiger partial charge in [0, 0.05) is 23.0 Å². The summed E-state index contributed by atoms with van der Waals surface area (Å²) in [6, 6.07) is 16.1. The number of hydrogen-bond donors (Lipinski definition) is 2. The molecule has 1 fully saturated rings. The second-order valence-corrected chi connectivity index (χ2v) is 5.33. The van der Waals surface area contributed by atoms with Crippen molar-refractivity contribution in [3.8, 4) is 0 Å². The summed E-state index contributed by atoms with van der Waals surface area (Å²) in [7, 11) is 0. The van der Waals surface area contributed by atoms with Gasteiger partial charge in [0.15, 0.2) is 0 Å². The largest absolute Gasteiger partial charge is 0.356 e. The van der Waals surface area contributed by atoms with Gasteiger partial charge in [-0.25, -0.2) is 0 Å². The van der Waals surface area contributed by atoms with Gasteiger partial charge in [0.1, 0.15) is 0 Å². The molecule has 1 amide bonds. The number of carbonyl (C=O) groups excluding carboxylic acids is 1. The normalized spacial score (nSPS) is 13.8. The van der Waals surface area contributed by atoms with E-state index in [1.165, 1.54) is 5.56 Å². The fraction of sp³-hybridized carbons (Fsp3) is 0.235. The first kappa shape index (κ1) is 12.7. The van der Waals surface area contributed by atoms with E-state index in [-0.39, 0.29) is 11.8 Å². The molecule has 3 rings (SSSR count).